The molecule has 0 fully saturated rings. The first kappa shape index (κ1) is 19.5. The second-order valence-corrected chi connectivity index (χ2v) is 5.68. The van der Waals surface area contributed by atoms with E-state index in [4.69, 9.17) is 0 Å². The molecule has 0 saturated carbocycles. The predicted molar refractivity (Wildman–Crippen MR) is 85.6 cm³/mol. The van der Waals surface area contributed by atoms with Gasteiger partial charge in [0.15, 0.2) is 0 Å². The molecule has 0 heterocycles. The highest BCUT2D eigenvalue weighted by atomic mass is 19.4. The maximum atomic E-state index is 12.7. The number of benzene rings is 2. The van der Waals surface area contributed by atoms with E-state index in [1.54, 1.807) is 12.1 Å². The first-order chi connectivity index (χ1) is 12.3. The molecule has 0 saturated heterocycles. The number of carbonyl (C=O) groups is 2. The summed E-state index contributed by atoms with van der Waals surface area (Å²) in [4.78, 5) is 23.2. The molecule has 0 aliphatic rings. The zero-order chi connectivity index (χ0) is 19.2. The highest BCUT2D eigenvalue weighted by Crippen LogP contribution is 2.30. The molecule has 5 nitrogen and oxygen atoms in total. The molecule has 3 N–H and O–H groups in total. The lowest BCUT2D eigenvalue weighted by molar-refractivity contribution is -0.697. The fourth-order valence-electron chi connectivity index (χ4n) is 2.34. The largest absolute Gasteiger partial charge is 0.544 e. The van der Waals surface area contributed by atoms with Crippen LogP contribution in [0.4, 0.5) is 18.9 Å². The zero-order valence-corrected chi connectivity index (χ0v) is 13.6. The fraction of sp³-hybridized carbons (Fsp3) is 0.222. The maximum absolute atomic E-state index is 12.7. The van der Waals surface area contributed by atoms with Crippen molar-refractivity contribution in [3.63, 3.8) is 0 Å². The Kier molecular flexibility index (Phi) is 6.35. The number of amides is 1. The Morgan fingerprint density at radius 1 is 1.08 bits per heavy atom. The molecule has 0 radical (unpaired) electrons. The molecule has 8 heteroatoms. The lowest BCUT2D eigenvalue weighted by atomic mass is 10.1. The standard InChI is InChI=1S/C18H17F3N2O3/c19-18(20,21)13-7-4-8-14(9-13)23-16(24)10-15(17(25)26)22-11-12-5-2-1-3-6-12/h1-9,15,22H,10-11H2,(H,23,24)(H,25,26)/t15-/m0/s1. The summed E-state index contributed by atoms with van der Waals surface area (Å²) in [5.74, 6) is -2.12. The van der Waals surface area contributed by atoms with E-state index in [-0.39, 0.29) is 5.69 Å². The molecule has 0 bridgehead atoms. The molecule has 1 amide bonds. The number of carboxylic acids is 1. The third kappa shape index (κ3) is 5.89. The minimum absolute atomic E-state index is 0.0509. The first-order valence-electron chi connectivity index (χ1n) is 7.81. The molecular weight excluding hydrogens is 349 g/mol. The van der Waals surface area contributed by atoms with Crippen molar-refractivity contribution in [2.75, 3.05) is 5.32 Å². The van der Waals surface area contributed by atoms with Crippen LogP contribution < -0.4 is 15.7 Å². The van der Waals surface area contributed by atoms with Gasteiger partial charge in [0, 0.05) is 11.3 Å². The molecular formula is C18H17F3N2O3. The number of carbonyl (C=O) groups excluding carboxylic acids is 2. The molecule has 0 aliphatic heterocycles. The van der Waals surface area contributed by atoms with Crippen LogP contribution in [0.2, 0.25) is 0 Å². The van der Waals surface area contributed by atoms with Gasteiger partial charge in [0.25, 0.3) is 0 Å². The number of carboxylic acid groups (broad SMARTS) is 1. The van der Waals surface area contributed by atoms with Crippen LogP contribution in [-0.4, -0.2) is 17.9 Å². The van der Waals surface area contributed by atoms with Crippen LogP contribution in [0.15, 0.2) is 54.6 Å². The topological polar surface area (TPSA) is 85.8 Å². The highest BCUT2D eigenvalue weighted by Gasteiger charge is 2.30. The number of nitrogens with one attached hydrogen (secondary N) is 1. The molecule has 138 valence electrons. The Morgan fingerprint density at radius 2 is 1.77 bits per heavy atom. The summed E-state index contributed by atoms with van der Waals surface area (Å²) in [7, 11) is 0. The number of hydrogen-bond donors (Lipinski definition) is 2. The third-order valence-corrected chi connectivity index (χ3v) is 3.66. The van der Waals surface area contributed by atoms with E-state index in [2.05, 4.69) is 5.32 Å². The Bertz CT molecular complexity index is 764. The van der Waals surface area contributed by atoms with Gasteiger partial charge in [-0.1, -0.05) is 36.4 Å². The van der Waals surface area contributed by atoms with E-state index in [0.717, 1.165) is 23.8 Å². The summed E-state index contributed by atoms with van der Waals surface area (Å²) in [6.07, 6.45) is -4.96. The zero-order valence-electron chi connectivity index (χ0n) is 13.6. The summed E-state index contributed by atoms with van der Waals surface area (Å²) in [6.45, 7) is 0.330. The quantitative estimate of drug-likeness (QED) is 0.764. The molecule has 0 aliphatic carbocycles. The van der Waals surface area contributed by atoms with Gasteiger partial charge in [0.1, 0.15) is 12.6 Å². The van der Waals surface area contributed by atoms with Crippen molar-refractivity contribution in [1.82, 2.24) is 0 Å². The Labute approximate surface area is 147 Å². The van der Waals surface area contributed by atoms with Crippen molar-refractivity contribution in [2.45, 2.75) is 25.2 Å². The molecule has 2 aromatic carbocycles. The van der Waals surface area contributed by atoms with Crippen molar-refractivity contribution in [3.05, 3.63) is 65.7 Å². The van der Waals surface area contributed by atoms with Crippen LogP contribution in [0, 0.1) is 0 Å². The van der Waals surface area contributed by atoms with Crippen molar-refractivity contribution in [2.24, 2.45) is 0 Å². The number of anilines is 1. The highest BCUT2D eigenvalue weighted by molar-refractivity contribution is 5.93. The lowest BCUT2D eigenvalue weighted by Crippen LogP contribution is -2.92. The molecule has 26 heavy (non-hydrogen) atoms. The first-order valence-corrected chi connectivity index (χ1v) is 7.81. The molecule has 0 aromatic heterocycles. The number of nitrogens with two attached hydrogens (primary N) is 1. The normalized spacial score (nSPS) is 12.4. The van der Waals surface area contributed by atoms with Gasteiger partial charge in [0.05, 0.1) is 18.0 Å². The average Bonchev–Trinajstić information content (AvgIpc) is 2.58. The van der Waals surface area contributed by atoms with Crippen LogP contribution in [0.5, 0.6) is 0 Å². The number of alkyl halides is 3. The summed E-state index contributed by atoms with van der Waals surface area (Å²) in [5, 5.41) is 15.0. The Morgan fingerprint density at radius 3 is 2.38 bits per heavy atom. The maximum Gasteiger partial charge on any atom is 0.416 e. The van der Waals surface area contributed by atoms with Crippen LogP contribution in [0.1, 0.15) is 17.5 Å². The third-order valence-electron chi connectivity index (χ3n) is 3.66. The minimum atomic E-state index is -4.53. The van der Waals surface area contributed by atoms with E-state index in [1.165, 1.54) is 11.4 Å². The summed E-state index contributed by atoms with van der Waals surface area (Å²) >= 11 is 0. The SMILES string of the molecule is O=C(C[C@H]([NH2+]Cc1ccccc1)C(=O)[O-])Nc1cccc(C(F)(F)F)c1. The predicted octanol–water partition coefficient (Wildman–Crippen LogP) is 0.916. The molecule has 2 aromatic rings. The second-order valence-electron chi connectivity index (χ2n) is 5.68. The number of quaternary nitrogens is 1. The lowest BCUT2D eigenvalue weighted by Gasteiger charge is -2.17. The van der Waals surface area contributed by atoms with E-state index in [9.17, 15) is 27.9 Å². The van der Waals surface area contributed by atoms with Crippen LogP contribution in [0.3, 0.4) is 0 Å². The Balaban J connectivity index is 1.96. The van der Waals surface area contributed by atoms with E-state index in [0.29, 0.717) is 6.54 Å². The van der Waals surface area contributed by atoms with Gasteiger partial charge < -0.3 is 20.5 Å². The number of rotatable bonds is 7. The van der Waals surface area contributed by atoms with Crippen LogP contribution in [-0.2, 0) is 22.3 Å². The van der Waals surface area contributed by atoms with Gasteiger partial charge in [-0.25, -0.2) is 0 Å². The summed E-state index contributed by atoms with van der Waals surface area (Å²) in [6, 6.07) is 12.0. The fourth-order valence-corrected chi connectivity index (χ4v) is 2.34. The average molecular weight is 366 g/mol. The number of halogens is 3. The van der Waals surface area contributed by atoms with Gasteiger partial charge in [-0.2, -0.15) is 13.2 Å². The van der Waals surface area contributed by atoms with E-state index >= 15 is 0 Å². The van der Waals surface area contributed by atoms with Gasteiger partial charge in [0.2, 0.25) is 5.91 Å². The van der Waals surface area contributed by atoms with Crippen molar-refractivity contribution in [1.29, 1.82) is 0 Å². The second kappa shape index (κ2) is 8.48. The number of hydrogen-bond acceptors (Lipinski definition) is 3. The summed E-state index contributed by atoms with van der Waals surface area (Å²) < 4.78 is 38.0. The monoisotopic (exact) mass is 366 g/mol. The van der Waals surface area contributed by atoms with Gasteiger partial charge in [-0.05, 0) is 18.2 Å². The Hall–Kier alpha value is -2.87. The van der Waals surface area contributed by atoms with E-state index in [1.807, 2.05) is 18.2 Å². The van der Waals surface area contributed by atoms with E-state index < -0.39 is 36.1 Å². The smallest absolute Gasteiger partial charge is 0.416 e. The van der Waals surface area contributed by atoms with Crippen LogP contribution >= 0.6 is 0 Å². The van der Waals surface area contributed by atoms with Gasteiger partial charge >= 0.3 is 6.18 Å². The van der Waals surface area contributed by atoms with Crippen LogP contribution in [0.25, 0.3) is 0 Å². The van der Waals surface area contributed by atoms with Crippen molar-refractivity contribution >= 4 is 17.6 Å². The van der Waals surface area contributed by atoms with Gasteiger partial charge in [-0.3, -0.25) is 4.79 Å². The minimum Gasteiger partial charge on any atom is -0.544 e. The van der Waals surface area contributed by atoms with Gasteiger partial charge in [-0.15, -0.1) is 0 Å². The van der Waals surface area contributed by atoms with Crippen molar-refractivity contribution in [3.8, 4) is 0 Å². The number of aliphatic carboxylic acids is 1. The molecule has 0 spiro atoms. The summed E-state index contributed by atoms with van der Waals surface area (Å²) in [5.41, 5.74) is -0.0792. The molecule has 1 atom stereocenters. The molecule has 0 unspecified atom stereocenters. The van der Waals surface area contributed by atoms with Crippen molar-refractivity contribution < 1.29 is 33.2 Å². The molecule has 2 rings (SSSR count).